The normalized spacial score (nSPS) is 14.2. The van der Waals surface area contributed by atoms with Crippen molar-refractivity contribution >= 4 is 0 Å². The van der Waals surface area contributed by atoms with Gasteiger partial charge in [-0.1, -0.05) is 19.0 Å². The molecule has 1 N–H and O–H groups in total. The molecule has 0 aromatic carbocycles. The van der Waals surface area contributed by atoms with Gasteiger partial charge in [0.05, 0.1) is 5.92 Å². The zero-order chi connectivity index (χ0) is 14.4. The van der Waals surface area contributed by atoms with Gasteiger partial charge in [0.15, 0.2) is 0 Å². The Kier molecular flexibility index (Phi) is 5.17. The first kappa shape index (κ1) is 14.6. The van der Waals surface area contributed by atoms with Crippen molar-refractivity contribution in [2.24, 2.45) is 0 Å². The van der Waals surface area contributed by atoms with E-state index in [1.807, 2.05) is 0 Å². The number of hydrogen-bond donors (Lipinski definition) is 1. The predicted molar refractivity (Wildman–Crippen MR) is 76.1 cm³/mol. The van der Waals surface area contributed by atoms with E-state index in [9.17, 15) is 0 Å². The Balaban J connectivity index is 2.14. The first-order valence-corrected chi connectivity index (χ1v) is 7.09. The van der Waals surface area contributed by atoms with Crippen molar-refractivity contribution in [3.63, 3.8) is 0 Å². The summed E-state index contributed by atoms with van der Waals surface area (Å²) < 4.78 is 5.41. The van der Waals surface area contributed by atoms with E-state index in [0.717, 1.165) is 19.4 Å². The van der Waals surface area contributed by atoms with Crippen LogP contribution in [0.5, 0.6) is 0 Å². The highest BCUT2D eigenvalue weighted by Gasteiger charge is 2.23. The van der Waals surface area contributed by atoms with E-state index in [-0.39, 0.29) is 5.92 Å². The van der Waals surface area contributed by atoms with Gasteiger partial charge in [-0.25, -0.2) is 9.97 Å². The van der Waals surface area contributed by atoms with Crippen LogP contribution in [0.4, 0.5) is 0 Å². The number of aromatic nitrogens is 4. The number of hydrogen-bond acceptors (Lipinski definition) is 6. The maximum atomic E-state index is 5.41. The lowest BCUT2D eigenvalue weighted by atomic mass is 9.98. The van der Waals surface area contributed by atoms with Gasteiger partial charge in [0.25, 0.3) is 0 Å². The first-order valence-electron chi connectivity index (χ1n) is 7.09. The van der Waals surface area contributed by atoms with Crippen LogP contribution in [-0.4, -0.2) is 32.7 Å². The molecule has 6 heteroatoms. The van der Waals surface area contributed by atoms with E-state index in [1.165, 1.54) is 6.33 Å². The molecule has 0 aliphatic rings. The summed E-state index contributed by atoms with van der Waals surface area (Å²) in [7, 11) is 0. The summed E-state index contributed by atoms with van der Waals surface area (Å²) in [6, 6.07) is 2.08. The van der Waals surface area contributed by atoms with Crippen molar-refractivity contribution < 1.29 is 4.52 Å². The number of nitrogens with one attached hydrogen (secondary N) is 1. The van der Waals surface area contributed by atoms with E-state index in [1.54, 1.807) is 12.3 Å². The predicted octanol–water partition coefficient (Wildman–Crippen LogP) is 2.41. The average molecular weight is 275 g/mol. The zero-order valence-electron chi connectivity index (χ0n) is 12.2. The highest BCUT2D eigenvalue weighted by atomic mass is 16.5. The van der Waals surface area contributed by atoms with Crippen LogP contribution in [0.3, 0.4) is 0 Å². The summed E-state index contributed by atoms with van der Waals surface area (Å²) in [5, 5.41) is 7.49. The van der Waals surface area contributed by atoms with Gasteiger partial charge in [-0.2, -0.15) is 4.98 Å². The van der Waals surface area contributed by atoms with Gasteiger partial charge in [-0.3, -0.25) is 0 Å². The lowest BCUT2D eigenvalue weighted by molar-refractivity contribution is 0.316. The molecule has 0 amide bonds. The largest absolute Gasteiger partial charge is 0.339 e. The van der Waals surface area contributed by atoms with Gasteiger partial charge in [-0.15, -0.1) is 0 Å². The fourth-order valence-electron chi connectivity index (χ4n) is 2.17. The standard InChI is InChI=1S/C14H21N5O/c1-4-7-16-10(3)11(5-2)14-18-13(19-20-14)12-6-8-15-9-17-12/h6,8-11,16H,4-5,7H2,1-3H3. The van der Waals surface area contributed by atoms with Crippen LogP contribution in [-0.2, 0) is 0 Å². The molecule has 2 rings (SSSR count). The van der Waals surface area contributed by atoms with Crippen LogP contribution >= 0.6 is 0 Å². The molecule has 0 saturated carbocycles. The second kappa shape index (κ2) is 7.09. The molecule has 2 unspecified atom stereocenters. The third-order valence-electron chi connectivity index (χ3n) is 3.33. The van der Waals surface area contributed by atoms with Crippen LogP contribution in [0.25, 0.3) is 11.5 Å². The lowest BCUT2D eigenvalue weighted by Crippen LogP contribution is -2.32. The van der Waals surface area contributed by atoms with E-state index >= 15 is 0 Å². The highest BCUT2D eigenvalue weighted by Crippen LogP contribution is 2.23. The molecule has 0 aliphatic carbocycles. The van der Waals surface area contributed by atoms with Crippen LogP contribution in [0.2, 0.25) is 0 Å². The maximum absolute atomic E-state index is 5.41. The van der Waals surface area contributed by atoms with E-state index in [4.69, 9.17) is 4.52 Å². The second-order valence-electron chi connectivity index (χ2n) is 4.81. The van der Waals surface area contributed by atoms with Crippen molar-refractivity contribution in [3.8, 4) is 11.5 Å². The van der Waals surface area contributed by atoms with Crippen LogP contribution in [0, 0.1) is 0 Å². The third kappa shape index (κ3) is 3.39. The lowest BCUT2D eigenvalue weighted by Gasteiger charge is -2.20. The van der Waals surface area contributed by atoms with Gasteiger partial charge in [0, 0.05) is 12.2 Å². The van der Waals surface area contributed by atoms with Gasteiger partial charge in [0.1, 0.15) is 12.0 Å². The van der Waals surface area contributed by atoms with Crippen molar-refractivity contribution in [2.45, 2.75) is 45.6 Å². The van der Waals surface area contributed by atoms with Crippen LogP contribution in [0.15, 0.2) is 23.1 Å². The van der Waals surface area contributed by atoms with Crippen LogP contribution in [0.1, 0.15) is 45.4 Å². The Morgan fingerprint density at radius 1 is 1.35 bits per heavy atom. The smallest absolute Gasteiger partial charge is 0.231 e. The second-order valence-corrected chi connectivity index (χ2v) is 4.81. The van der Waals surface area contributed by atoms with Crippen molar-refractivity contribution in [1.82, 2.24) is 25.4 Å². The summed E-state index contributed by atoms with van der Waals surface area (Å²) in [6.07, 6.45) is 5.20. The molecule has 0 fully saturated rings. The van der Waals surface area contributed by atoms with Gasteiger partial charge in [0.2, 0.25) is 11.7 Å². The Bertz CT molecular complexity index is 513. The molecule has 0 saturated heterocycles. The summed E-state index contributed by atoms with van der Waals surface area (Å²) in [5.41, 5.74) is 0.680. The molecular formula is C14H21N5O. The molecule has 2 aromatic rings. The summed E-state index contributed by atoms with van der Waals surface area (Å²) in [4.78, 5) is 12.5. The number of nitrogens with zero attached hydrogens (tertiary/aromatic N) is 4. The van der Waals surface area contributed by atoms with Gasteiger partial charge >= 0.3 is 0 Å². The van der Waals surface area contributed by atoms with E-state index < -0.39 is 0 Å². The monoisotopic (exact) mass is 275 g/mol. The molecule has 0 radical (unpaired) electrons. The van der Waals surface area contributed by atoms with E-state index in [0.29, 0.717) is 23.5 Å². The summed E-state index contributed by atoms with van der Waals surface area (Å²) >= 11 is 0. The van der Waals surface area contributed by atoms with Crippen molar-refractivity contribution in [1.29, 1.82) is 0 Å². The molecule has 0 aliphatic heterocycles. The van der Waals surface area contributed by atoms with Crippen molar-refractivity contribution in [2.75, 3.05) is 6.54 Å². The molecule has 108 valence electrons. The van der Waals surface area contributed by atoms with Crippen LogP contribution < -0.4 is 5.32 Å². The molecular weight excluding hydrogens is 254 g/mol. The SMILES string of the molecule is CCCNC(C)C(CC)c1nc(-c2ccncn2)no1. The Morgan fingerprint density at radius 2 is 2.20 bits per heavy atom. The molecule has 0 bridgehead atoms. The minimum absolute atomic E-state index is 0.213. The first-order chi connectivity index (χ1) is 9.76. The minimum atomic E-state index is 0.213. The average Bonchev–Trinajstić information content (AvgIpc) is 2.96. The molecule has 2 aromatic heterocycles. The highest BCUT2D eigenvalue weighted by molar-refractivity contribution is 5.46. The number of rotatable bonds is 7. The quantitative estimate of drug-likeness (QED) is 0.836. The Labute approximate surface area is 119 Å². The fraction of sp³-hybridized carbons (Fsp3) is 0.571. The molecule has 2 atom stereocenters. The minimum Gasteiger partial charge on any atom is -0.339 e. The van der Waals surface area contributed by atoms with Crippen molar-refractivity contribution in [3.05, 3.63) is 24.5 Å². The Morgan fingerprint density at radius 3 is 2.85 bits per heavy atom. The summed E-state index contributed by atoms with van der Waals surface area (Å²) in [5.74, 6) is 1.39. The molecule has 2 heterocycles. The zero-order valence-corrected chi connectivity index (χ0v) is 12.2. The fourth-order valence-corrected chi connectivity index (χ4v) is 2.17. The molecule has 6 nitrogen and oxygen atoms in total. The Hall–Kier alpha value is -1.82. The summed E-state index contributed by atoms with van der Waals surface area (Å²) in [6.45, 7) is 7.42. The third-order valence-corrected chi connectivity index (χ3v) is 3.33. The molecule has 0 spiro atoms. The molecule has 20 heavy (non-hydrogen) atoms. The van der Waals surface area contributed by atoms with Gasteiger partial charge in [-0.05, 0) is 32.4 Å². The maximum Gasteiger partial charge on any atom is 0.231 e. The topological polar surface area (TPSA) is 76.7 Å². The van der Waals surface area contributed by atoms with E-state index in [2.05, 4.69) is 46.2 Å². The van der Waals surface area contributed by atoms with Gasteiger partial charge < -0.3 is 9.84 Å².